The Bertz CT molecular complexity index is 354. The second kappa shape index (κ2) is 6.27. The zero-order valence-electron chi connectivity index (χ0n) is 11.4. The molecule has 2 unspecified atom stereocenters. The van der Waals surface area contributed by atoms with Gasteiger partial charge in [-0.3, -0.25) is 9.88 Å². The molecular formula is C14H24N4. The summed E-state index contributed by atoms with van der Waals surface area (Å²) in [6.07, 6.45) is 4.44. The number of nitrogens with two attached hydrogens (primary N) is 1. The lowest BCUT2D eigenvalue weighted by atomic mass is 10.1. The van der Waals surface area contributed by atoms with Crippen molar-refractivity contribution < 1.29 is 0 Å². The van der Waals surface area contributed by atoms with E-state index in [1.807, 2.05) is 18.3 Å². The number of nitrogens with zero attached hydrogens (tertiary/aromatic N) is 3. The highest BCUT2D eigenvalue weighted by Gasteiger charge is 2.25. The quantitative estimate of drug-likeness (QED) is 0.848. The predicted octanol–water partition coefficient (Wildman–Crippen LogP) is 1.11. The van der Waals surface area contributed by atoms with Crippen molar-refractivity contribution >= 4 is 0 Å². The van der Waals surface area contributed by atoms with Crippen LogP contribution < -0.4 is 5.73 Å². The second-order valence-electron chi connectivity index (χ2n) is 5.22. The van der Waals surface area contributed by atoms with Crippen molar-refractivity contribution in [2.75, 3.05) is 33.7 Å². The van der Waals surface area contributed by atoms with E-state index in [0.717, 1.165) is 12.2 Å². The average Bonchev–Trinajstić information content (AvgIpc) is 2.77. The maximum Gasteiger partial charge on any atom is 0.0642 e. The van der Waals surface area contributed by atoms with Crippen LogP contribution in [-0.2, 0) is 0 Å². The lowest BCUT2D eigenvalue weighted by Gasteiger charge is -2.31. The number of rotatable bonds is 5. The van der Waals surface area contributed by atoms with Gasteiger partial charge >= 0.3 is 0 Å². The van der Waals surface area contributed by atoms with Crippen molar-refractivity contribution in [1.29, 1.82) is 0 Å². The van der Waals surface area contributed by atoms with Crippen molar-refractivity contribution in [3.05, 3.63) is 30.1 Å². The van der Waals surface area contributed by atoms with Gasteiger partial charge in [-0.2, -0.15) is 0 Å². The normalized spacial score (nSPS) is 22.6. The predicted molar refractivity (Wildman–Crippen MR) is 74.3 cm³/mol. The summed E-state index contributed by atoms with van der Waals surface area (Å²) >= 11 is 0. The maximum atomic E-state index is 5.92. The van der Waals surface area contributed by atoms with E-state index in [-0.39, 0.29) is 6.04 Å². The molecule has 4 heteroatoms. The Morgan fingerprint density at radius 3 is 2.94 bits per heavy atom. The van der Waals surface area contributed by atoms with E-state index >= 15 is 0 Å². The smallest absolute Gasteiger partial charge is 0.0642 e. The summed E-state index contributed by atoms with van der Waals surface area (Å²) in [6, 6.07) is 6.92. The van der Waals surface area contributed by atoms with Crippen LogP contribution in [0.25, 0.3) is 0 Å². The van der Waals surface area contributed by atoms with Crippen LogP contribution in [0.3, 0.4) is 0 Å². The summed E-state index contributed by atoms with van der Waals surface area (Å²) < 4.78 is 0. The maximum absolute atomic E-state index is 5.92. The lowest BCUT2D eigenvalue weighted by molar-refractivity contribution is 0.177. The van der Waals surface area contributed by atoms with Gasteiger partial charge in [0, 0.05) is 25.3 Å². The van der Waals surface area contributed by atoms with Gasteiger partial charge in [0.25, 0.3) is 0 Å². The molecule has 0 bridgehead atoms. The van der Waals surface area contributed by atoms with Gasteiger partial charge in [-0.05, 0) is 45.6 Å². The molecule has 1 aromatic rings. The number of likely N-dealkylation sites (N-methyl/N-ethyl adjacent to an activating group) is 2. The summed E-state index contributed by atoms with van der Waals surface area (Å²) in [5.74, 6) is 0. The standard InChI is InChI=1S/C14H24N4/c1-17-9-5-6-12(17)11-18(2)14(10-15)13-7-3-4-8-16-13/h3-4,7-8,12,14H,5-6,9-11,15H2,1-2H3. The number of hydrogen-bond donors (Lipinski definition) is 1. The van der Waals surface area contributed by atoms with Gasteiger partial charge < -0.3 is 10.6 Å². The second-order valence-corrected chi connectivity index (χ2v) is 5.22. The highest BCUT2D eigenvalue weighted by Crippen LogP contribution is 2.20. The third kappa shape index (κ3) is 3.07. The van der Waals surface area contributed by atoms with Crippen LogP contribution in [0, 0.1) is 0 Å². The fourth-order valence-corrected chi connectivity index (χ4v) is 2.77. The molecule has 2 N–H and O–H groups in total. The van der Waals surface area contributed by atoms with Crippen LogP contribution >= 0.6 is 0 Å². The third-order valence-corrected chi connectivity index (χ3v) is 3.95. The lowest BCUT2D eigenvalue weighted by Crippen LogP contribution is -2.40. The van der Waals surface area contributed by atoms with Crippen molar-refractivity contribution in [2.45, 2.75) is 24.9 Å². The van der Waals surface area contributed by atoms with E-state index in [1.54, 1.807) is 0 Å². The first-order chi connectivity index (χ1) is 8.72. The molecule has 18 heavy (non-hydrogen) atoms. The largest absolute Gasteiger partial charge is 0.329 e. The zero-order valence-corrected chi connectivity index (χ0v) is 11.4. The van der Waals surface area contributed by atoms with Crippen molar-refractivity contribution in [2.24, 2.45) is 5.73 Å². The van der Waals surface area contributed by atoms with Crippen LogP contribution in [0.4, 0.5) is 0 Å². The minimum Gasteiger partial charge on any atom is -0.329 e. The molecular weight excluding hydrogens is 224 g/mol. The van der Waals surface area contributed by atoms with Gasteiger partial charge in [0.1, 0.15) is 0 Å². The first kappa shape index (κ1) is 13.5. The Morgan fingerprint density at radius 2 is 2.39 bits per heavy atom. The van der Waals surface area contributed by atoms with E-state index in [1.165, 1.54) is 19.4 Å². The minimum atomic E-state index is 0.222. The number of aromatic nitrogens is 1. The highest BCUT2D eigenvalue weighted by atomic mass is 15.2. The van der Waals surface area contributed by atoms with Gasteiger partial charge in [0.15, 0.2) is 0 Å². The molecule has 0 aliphatic carbocycles. The van der Waals surface area contributed by atoms with Crippen molar-refractivity contribution in [3.63, 3.8) is 0 Å². The molecule has 1 aliphatic heterocycles. The number of pyridine rings is 1. The van der Waals surface area contributed by atoms with E-state index in [2.05, 4.69) is 34.9 Å². The fraction of sp³-hybridized carbons (Fsp3) is 0.643. The van der Waals surface area contributed by atoms with E-state index in [9.17, 15) is 0 Å². The molecule has 2 rings (SSSR count). The van der Waals surface area contributed by atoms with Crippen molar-refractivity contribution in [1.82, 2.24) is 14.8 Å². The van der Waals surface area contributed by atoms with Crippen molar-refractivity contribution in [3.8, 4) is 0 Å². The highest BCUT2D eigenvalue weighted by molar-refractivity contribution is 5.09. The molecule has 4 nitrogen and oxygen atoms in total. The zero-order chi connectivity index (χ0) is 13.0. The molecule has 100 valence electrons. The molecule has 0 radical (unpaired) electrons. The fourth-order valence-electron chi connectivity index (χ4n) is 2.77. The third-order valence-electron chi connectivity index (χ3n) is 3.95. The summed E-state index contributed by atoms with van der Waals surface area (Å²) in [6.45, 7) is 2.90. The van der Waals surface area contributed by atoms with E-state index in [0.29, 0.717) is 12.6 Å². The van der Waals surface area contributed by atoms with Crippen LogP contribution in [0.15, 0.2) is 24.4 Å². The molecule has 2 atom stereocenters. The van der Waals surface area contributed by atoms with E-state index in [4.69, 9.17) is 5.73 Å². The summed E-state index contributed by atoms with van der Waals surface area (Å²) in [5.41, 5.74) is 6.99. The van der Waals surface area contributed by atoms with Gasteiger partial charge in [-0.25, -0.2) is 0 Å². The molecule has 1 fully saturated rings. The summed E-state index contributed by atoms with van der Waals surface area (Å²) in [5, 5.41) is 0. The first-order valence-electron chi connectivity index (χ1n) is 6.74. The first-order valence-corrected chi connectivity index (χ1v) is 6.74. The minimum absolute atomic E-state index is 0.222. The Morgan fingerprint density at radius 1 is 1.56 bits per heavy atom. The molecule has 2 heterocycles. The number of hydrogen-bond acceptors (Lipinski definition) is 4. The van der Waals surface area contributed by atoms with Gasteiger partial charge in [-0.15, -0.1) is 0 Å². The van der Waals surface area contributed by atoms with Gasteiger partial charge in [0.2, 0.25) is 0 Å². The molecule has 0 aromatic carbocycles. The average molecular weight is 248 g/mol. The Hall–Kier alpha value is -0.970. The summed E-state index contributed by atoms with van der Waals surface area (Å²) in [4.78, 5) is 9.22. The molecule has 0 amide bonds. The monoisotopic (exact) mass is 248 g/mol. The Labute approximate surface area is 110 Å². The SMILES string of the molecule is CN1CCCC1CN(C)C(CN)c1ccccn1. The molecule has 0 spiro atoms. The van der Waals surface area contributed by atoms with E-state index < -0.39 is 0 Å². The Balaban J connectivity index is 1.99. The molecule has 1 aromatic heterocycles. The number of likely N-dealkylation sites (tertiary alicyclic amines) is 1. The molecule has 0 saturated carbocycles. The van der Waals surface area contributed by atoms with Crippen LogP contribution in [0.2, 0.25) is 0 Å². The molecule has 1 aliphatic rings. The van der Waals surface area contributed by atoms with Gasteiger partial charge in [0.05, 0.1) is 11.7 Å². The van der Waals surface area contributed by atoms with Crippen LogP contribution in [0.1, 0.15) is 24.6 Å². The van der Waals surface area contributed by atoms with Crippen LogP contribution in [-0.4, -0.2) is 54.6 Å². The topological polar surface area (TPSA) is 45.4 Å². The Kier molecular flexibility index (Phi) is 4.69. The molecule has 1 saturated heterocycles. The van der Waals surface area contributed by atoms with Gasteiger partial charge in [-0.1, -0.05) is 6.07 Å². The van der Waals surface area contributed by atoms with Crippen LogP contribution in [0.5, 0.6) is 0 Å². The summed E-state index contributed by atoms with van der Waals surface area (Å²) in [7, 11) is 4.36.